The average molecular weight is 363 g/mol. The second kappa shape index (κ2) is 7.23. The van der Waals surface area contributed by atoms with E-state index in [0.717, 1.165) is 23.3 Å². The monoisotopic (exact) mass is 363 g/mol. The van der Waals surface area contributed by atoms with Crippen LogP contribution in [-0.4, -0.2) is 33.9 Å². The van der Waals surface area contributed by atoms with Crippen molar-refractivity contribution < 1.29 is 9.53 Å². The van der Waals surface area contributed by atoms with E-state index >= 15 is 0 Å². The van der Waals surface area contributed by atoms with E-state index in [9.17, 15) is 9.59 Å². The minimum Gasteiger partial charge on any atom is -0.493 e. The number of hydrogen-bond acceptors (Lipinski definition) is 4. The Morgan fingerprint density at radius 1 is 1.26 bits per heavy atom. The minimum absolute atomic E-state index is 0.00664. The lowest BCUT2D eigenvalue weighted by Crippen LogP contribution is -2.33. The van der Waals surface area contributed by atoms with Crippen molar-refractivity contribution in [2.75, 3.05) is 13.2 Å². The van der Waals surface area contributed by atoms with Gasteiger partial charge < -0.3 is 14.6 Å². The Kier molecular flexibility index (Phi) is 4.62. The molecule has 1 aliphatic rings. The molecule has 138 valence electrons. The van der Waals surface area contributed by atoms with Crippen LogP contribution in [0.3, 0.4) is 0 Å². The van der Waals surface area contributed by atoms with Crippen molar-refractivity contribution in [1.29, 1.82) is 0 Å². The number of aromatic amines is 1. The maximum absolute atomic E-state index is 12.8. The Labute approximate surface area is 156 Å². The quantitative estimate of drug-likeness (QED) is 0.756. The summed E-state index contributed by atoms with van der Waals surface area (Å²) in [6.07, 6.45) is 1.20. The number of H-pyrrole nitrogens is 1. The van der Waals surface area contributed by atoms with Crippen molar-refractivity contribution in [1.82, 2.24) is 14.9 Å². The summed E-state index contributed by atoms with van der Waals surface area (Å²) in [5.41, 5.74) is 2.59. The fraction of sp³-hybridized carbons (Fsp3) is 0.286. The molecular formula is C21H21N3O3. The molecule has 3 aromatic rings. The van der Waals surface area contributed by atoms with E-state index in [1.165, 1.54) is 0 Å². The lowest BCUT2D eigenvalue weighted by Gasteiger charge is -2.20. The summed E-state index contributed by atoms with van der Waals surface area (Å²) in [4.78, 5) is 34.0. The predicted octanol–water partition coefficient (Wildman–Crippen LogP) is 2.45. The number of carbonyl (C=O) groups excluding carboxylic acids is 1. The van der Waals surface area contributed by atoms with Gasteiger partial charge in [0.05, 0.1) is 30.5 Å². The second-order valence-electron chi connectivity index (χ2n) is 6.65. The largest absolute Gasteiger partial charge is 0.493 e. The number of likely N-dealkylation sites (N-methyl/N-ethyl adjacent to an activating group) is 1. The first-order valence-electron chi connectivity index (χ1n) is 9.14. The van der Waals surface area contributed by atoms with Crippen molar-refractivity contribution in [3.8, 4) is 5.75 Å². The summed E-state index contributed by atoms with van der Waals surface area (Å²) in [7, 11) is 0. The first-order chi connectivity index (χ1) is 13.1. The van der Waals surface area contributed by atoms with Crippen LogP contribution < -0.4 is 10.3 Å². The Morgan fingerprint density at radius 2 is 2.11 bits per heavy atom. The number of ether oxygens (including phenoxy) is 1. The van der Waals surface area contributed by atoms with Crippen LogP contribution in [0.2, 0.25) is 0 Å². The van der Waals surface area contributed by atoms with E-state index in [0.29, 0.717) is 36.3 Å². The normalized spacial score (nSPS) is 12.6. The van der Waals surface area contributed by atoms with Crippen molar-refractivity contribution in [3.63, 3.8) is 0 Å². The van der Waals surface area contributed by atoms with Gasteiger partial charge in [0.1, 0.15) is 11.6 Å². The fourth-order valence-electron chi connectivity index (χ4n) is 3.40. The zero-order valence-corrected chi connectivity index (χ0v) is 15.2. The van der Waals surface area contributed by atoms with Gasteiger partial charge in [0.2, 0.25) is 5.91 Å². The number of benzene rings is 2. The van der Waals surface area contributed by atoms with Crippen LogP contribution in [0, 0.1) is 0 Å². The van der Waals surface area contributed by atoms with Gasteiger partial charge in [-0.15, -0.1) is 0 Å². The summed E-state index contributed by atoms with van der Waals surface area (Å²) >= 11 is 0. The van der Waals surface area contributed by atoms with Gasteiger partial charge >= 0.3 is 0 Å². The highest BCUT2D eigenvalue weighted by Crippen LogP contribution is 2.26. The molecule has 6 nitrogen and oxygen atoms in total. The molecule has 1 aliphatic heterocycles. The number of amides is 1. The van der Waals surface area contributed by atoms with E-state index in [2.05, 4.69) is 9.97 Å². The van der Waals surface area contributed by atoms with Gasteiger partial charge in [-0.2, -0.15) is 0 Å². The predicted molar refractivity (Wildman–Crippen MR) is 103 cm³/mol. The van der Waals surface area contributed by atoms with E-state index in [1.807, 2.05) is 37.3 Å². The number of nitrogens with one attached hydrogen (secondary N) is 1. The first kappa shape index (κ1) is 17.3. The maximum Gasteiger partial charge on any atom is 0.258 e. The summed E-state index contributed by atoms with van der Waals surface area (Å²) in [5.74, 6) is 1.42. The van der Waals surface area contributed by atoms with E-state index in [1.54, 1.807) is 17.0 Å². The van der Waals surface area contributed by atoms with Crippen LogP contribution in [0.5, 0.6) is 5.75 Å². The first-order valence-corrected chi connectivity index (χ1v) is 9.14. The lowest BCUT2D eigenvalue weighted by molar-refractivity contribution is -0.131. The zero-order valence-electron chi connectivity index (χ0n) is 15.2. The smallest absolute Gasteiger partial charge is 0.258 e. The summed E-state index contributed by atoms with van der Waals surface area (Å²) in [6, 6.07) is 13.1. The van der Waals surface area contributed by atoms with Crippen molar-refractivity contribution in [2.45, 2.75) is 26.3 Å². The highest BCUT2D eigenvalue weighted by atomic mass is 16.5. The van der Waals surface area contributed by atoms with Gasteiger partial charge in [-0.3, -0.25) is 9.59 Å². The molecule has 1 amide bonds. The molecule has 0 aliphatic carbocycles. The van der Waals surface area contributed by atoms with Crippen LogP contribution in [0.1, 0.15) is 23.9 Å². The molecule has 1 aromatic heterocycles. The third-order valence-electron chi connectivity index (χ3n) is 4.85. The van der Waals surface area contributed by atoms with Gasteiger partial charge in [-0.05, 0) is 36.2 Å². The van der Waals surface area contributed by atoms with Crippen molar-refractivity contribution in [3.05, 3.63) is 69.8 Å². The molecule has 0 bridgehead atoms. The Hall–Kier alpha value is -3.15. The number of fused-ring (bicyclic) bond motifs is 2. The van der Waals surface area contributed by atoms with E-state index in [4.69, 9.17) is 4.74 Å². The molecule has 0 saturated carbocycles. The SMILES string of the molecule is CCN(Cc1nc2ccccc2c(=O)[nH]1)C(=O)Cc1ccc2c(c1)CCO2. The molecule has 1 N–H and O–H groups in total. The zero-order chi connectivity index (χ0) is 18.8. The van der Waals surface area contributed by atoms with Gasteiger partial charge in [-0.25, -0.2) is 4.98 Å². The van der Waals surface area contributed by atoms with Crippen LogP contribution in [-0.2, 0) is 24.2 Å². The molecule has 2 heterocycles. The highest BCUT2D eigenvalue weighted by Gasteiger charge is 2.17. The van der Waals surface area contributed by atoms with Crippen molar-refractivity contribution >= 4 is 16.8 Å². The Morgan fingerprint density at radius 3 is 2.96 bits per heavy atom. The van der Waals surface area contributed by atoms with E-state index < -0.39 is 0 Å². The number of aromatic nitrogens is 2. The molecule has 27 heavy (non-hydrogen) atoms. The second-order valence-corrected chi connectivity index (χ2v) is 6.65. The lowest BCUT2D eigenvalue weighted by atomic mass is 10.1. The van der Waals surface area contributed by atoms with Crippen LogP contribution in [0.4, 0.5) is 0 Å². The van der Waals surface area contributed by atoms with Crippen LogP contribution in [0.15, 0.2) is 47.3 Å². The minimum atomic E-state index is -0.183. The van der Waals surface area contributed by atoms with Gasteiger partial charge in [0.15, 0.2) is 0 Å². The molecule has 0 atom stereocenters. The number of para-hydroxylation sites is 1. The third kappa shape index (κ3) is 3.56. The summed E-state index contributed by atoms with van der Waals surface area (Å²) in [5, 5.41) is 0.552. The molecule has 6 heteroatoms. The Balaban J connectivity index is 1.52. The van der Waals surface area contributed by atoms with Gasteiger partial charge in [0.25, 0.3) is 5.56 Å². The highest BCUT2D eigenvalue weighted by molar-refractivity contribution is 5.79. The molecule has 0 fully saturated rings. The number of carbonyl (C=O) groups is 1. The third-order valence-corrected chi connectivity index (χ3v) is 4.85. The summed E-state index contributed by atoms with van der Waals surface area (Å²) in [6.45, 7) is 3.45. The van der Waals surface area contributed by atoms with Crippen LogP contribution >= 0.6 is 0 Å². The van der Waals surface area contributed by atoms with Gasteiger partial charge in [-0.1, -0.05) is 24.3 Å². The molecule has 0 spiro atoms. The Bertz CT molecular complexity index is 1060. The number of hydrogen-bond donors (Lipinski definition) is 1. The molecule has 4 rings (SSSR count). The average Bonchev–Trinajstić information content (AvgIpc) is 3.14. The number of nitrogens with zero attached hydrogens (tertiary/aromatic N) is 2. The fourth-order valence-corrected chi connectivity index (χ4v) is 3.40. The number of rotatable bonds is 5. The molecule has 0 radical (unpaired) electrons. The molecule has 0 unspecified atom stereocenters. The van der Waals surface area contributed by atoms with Gasteiger partial charge in [0, 0.05) is 13.0 Å². The molecule has 2 aromatic carbocycles. The van der Waals surface area contributed by atoms with Crippen LogP contribution in [0.25, 0.3) is 10.9 Å². The molecule has 0 saturated heterocycles. The molecular weight excluding hydrogens is 342 g/mol. The topological polar surface area (TPSA) is 75.3 Å². The maximum atomic E-state index is 12.8. The van der Waals surface area contributed by atoms with Crippen molar-refractivity contribution in [2.24, 2.45) is 0 Å². The summed E-state index contributed by atoms with van der Waals surface area (Å²) < 4.78 is 5.52. The standard InChI is InChI=1S/C21H21N3O3/c1-2-24(13-19-22-17-6-4-3-5-16(17)21(26)23-19)20(25)12-14-7-8-18-15(11-14)9-10-27-18/h3-8,11H,2,9-10,12-13H2,1H3,(H,22,23,26). The van der Waals surface area contributed by atoms with E-state index in [-0.39, 0.29) is 18.0 Å².